The van der Waals surface area contributed by atoms with Crippen molar-refractivity contribution in [2.45, 2.75) is 33.6 Å². The second-order valence-corrected chi connectivity index (χ2v) is 2.75. The summed E-state index contributed by atoms with van der Waals surface area (Å²) in [4.78, 5) is 0. The van der Waals surface area contributed by atoms with Crippen LogP contribution in [0.3, 0.4) is 0 Å². The van der Waals surface area contributed by atoms with Crippen LogP contribution in [0.25, 0.3) is 0 Å². The van der Waals surface area contributed by atoms with E-state index in [4.69, 9.17) is 5.11 Å². The Labute approximate surface area is 58.1 Å². The highest BCUT2D eigenvalue weighted by Gasteiger charge is 2.18. The molecule has 0 saturated heterocycles. The summed E-state index contributed by atoms with van der Waals surface area (Å²) in [5, 5.41) is 8.61. The lowest BCUT2D eigenvalue weighted by atomic mass is 9.82. The fourth-order valence-corrected chi connectivity index (χ4v) is 0.759. The molecule has 0 amide bonds. The molecule has 0 aromatic carbocycles. The van der Waals surface area contributed by atoms with Crippen molar-refractivity contribution in [3.05, 3.63) is 6.42 Å². The molecule has 0 aromatic heterocycles. The molecular weight excluding hydrogens is 112 g/mol. The highest BCUT2D eigenvalue weighted by molar-refractivity contribution is 4.85. The van der Waals surface area contributed by atoms with E-state index in [1.165, 1.54) is 0 Å². The van der Waals surface area contributed by atoms with Gasteiger partial charge >= 0.3 is 0 Å². The summed E-state index contributed by atoms with van der Waals surface area (Å²) in [5.41, 5.74) is 0.259. The Hall–Kier alpha value is -0.0400. The van der Waals surface area contributed by atoms with Crippen molar-refractivity contribution in [1.82, 2.24) is 0 Å². The zero-order valence-corrected chi connectivity index (χ0v) is 6.65. The topological polar surface area (TPSA) is 20.2 Å². The van der Waals surface area contributed by atoms with Crippen molar-refractivity contribution in [3.8, 4) is 0 Å². The molecule has 0 aliphatic carbocycles. The predicted octanol–water partition coefficient (Wildman–Crippen LogP) is 2.01. The molecule has 55 valence electrons. The van der Waals surface area contributed by atoms with E-state index in [-0.39, 0.29) is 12.0 Å². The lowest BCUT2D eigenvalue weighted by Crippen LogP contribution is -2.16. The van der Waals surface area contributed by atoms with Crippen LogP contribution in [0.4, 0.5) is 0 Å². The van der Waals surface area contributed by atoms with Crippen LogP contribution >= 0.6 is 0 Å². The first kappa shape index (κ1) is 8.96. The Morgan fingerprint density at radius 1 is 1.33 bits per heavy atom. The standard InChI is InChI=1S/C8H17O/c1-4-8(3,5-2)6-7-9/h6,9H,4-5,7H2,1-3H3. The highest BCUT2D eigenvalue weighted by atomic mass is 16.3. The molecule has 0 bridgehead atoms. The van der Waals surface area contributed by atoms with E-state index in [1.54, 1.807) is 0 Å². The normalized spacial score (nSPS) is 12.0. The summed E-state index contributed by atoms with van der Waals surface area (Å²) in [7, 11) is 0. The molecule has 0 heterocycles. The van der Waals surface area contributed by atoms with Crippen molar-refractivity contribution >= 4 is 0 Å². The zero-order valence-electron chi connectivity index (χ0n) is 6.65. The van der Waals surface area contributed by atoms with Gasteiger partial charge in [-0.15, -0.1) is 0 Å². The van der Waals surface area contributed by atoms with E-state index < -0.39 is 0 Å². The minimum Gasteiger partial charge on any atom is -0.396 e. The maximum Gasteiger partial charge on any atom is 0.0468 e. The quantitative estimate of drug-likeness (QED) is 0.615. The van der Waals surface area contributed by atoms with Crippen LogP contribution in [0.5, 0.6) is 0 Å². The highest BCUT2D eigenvalue weighted by Crippen LogP contribution is 2.27. The minimum atomic E-state index is 0.207. The van der Waals surface area contributed by atoms with Gasteiger partial charge in [0.2, 0.25) is 0 Å². The molecule has 0 atom stereocenters. The van der Waals surface area contributed by atoms with Gasteiger partial charge < -0.3 is 5.11 Å². The average Bonchev–Trinajstić information content (AvgIpc) is 1.89. The Morgan fingerprint density at radius 2 is 1.78 bits per heavy atom. The second-order valence-electron chi connectivity index (χ2n) is 2.75. The van der Waals surface area contributed by atoms with Crippen LogP contribution in [-0.2, 0) is 0 Å². The van der Waals surface area contributed by atoms with E-state index in [2.05, 4.69) is 20.8 Å². The molecule has 0 saturated carbocycles. The van der Waals surface area contributed by atoms with Crippen molar-refractivity contribution < 1.29 is 5.11 Å². The summed E-state index contributed by atoms with van der Waals surface area (Å²) >= 11 is 0. The minimum absolute atomic E-state index is 0.207. The Bertz CT molecular complexity index is 65.0. The molecule has 0 unspecified atom stereocenters. The first-order valence-electron chi connectivity index (χ1n) is 3.63. The molecule has 1 heteroatoms. The third kappa shape index (κ3) is 2.85. The second kappa shape index (κ2) is 3.89. The SMILES string of the molecule is CCC(C)([CH]CO)CC. The van der Waals surface area contributed by atoms with Crippen LogP contribution in [0.15, 0.2) is 0 Å². The lowest BCUT2D eigenvalue weighted by Gasteiger charge is -2.24. The summed E-state index contributed by atoms with van der Waals surface area (Å²) in [6.45, 7) is 6.67. The molecule has 0 spiro atoms. The van der Waals surface area contributed by atoms with E-state index in [1.807, 2.05) is 6.42 Å². The van der Waals surface area contributed by atoms with E-state index in [0.717, 1.165) is 12.8 Å². The molecule has 1 N–H and O–H groups in total. The van der Waals surface area contributed by atoms with Gasteiger partial charge in [-0.05, 0) is 11.8 Å². The molecule has 1 radical (unpaired) electrons. The Morgan fingerprint density at radius 3 is 1.89 bits per heavy atom. The summed E-state index contributed by atoms with van der Waals surface area (Å²) in [6.07, 6.45) is 4.21. The van der Waals surface area contributed by atoms with Gasteiger partial charge in [0.25, 0.3) is 0 Å². The van der Waals surface area contributed by atoms with Gasteiger partial charge in [-0.3, -0.25) is 0 Å². The number of aliphatic hydroxyl groups excluding tert-OH is 1. The lowest BCUT2D eigenvalue weighted by molar-refractivity contribution is 0.258. The molecule has 0 rings (SSSR count). The van der Waals surface area contributed by atoms with Crippen molar-refractivity contribution in [2.24, 2.45) is 5.41 Å². The molecule has 0 fully saturated rings. The molecule has 0 aliphatic heterocycles. The van der Waals surface area contributed by atoms with E-state index >= 15 is 0 Å². The van der Waals surface area contributed by atoms with Crippen LogP contribution in [-0.4, -0.2) is 11.7 Å². The molecule has 9 heavy (non-hydrogen) atoms. The molecule has 0 aromatic rings. The van der Waals surface area contributed by atoms with Crippen LogP contribution < -0.4 is 0 Å². The number of hydrogen-bond acceptors (Lipinski definition) is 1. The first-order valence-corrected chi connectivity index (χ1v) is 3.63. The van der Waals surface area contributed by atoms with Crippen LogP contribution in [0, 0.1) is 11.8 Å². The van der Waals surface area contributed by atoms with Gasteiger partial charge in [0.15, 0.2) is 0 Å². The maximum atomic E-state index is 8.61. The largest absolute Gasteiger partial charge is 0.396 e. The van der Waals surface area contributed by atoms with Gasteiger partial charge in [0.1, 0.15) is 0 Å². The third-order valence-corrected chi connectivity index (χ3v) is 2.20. The van der Waals surface area contributed by atoms with Gasteiger partial charge in [-0.25, -0.2) is 0 Å². The van der Waals surface area contributed by atoms with Crippen LogP contribution in [0.1, 0.15) is 33.6 Å². The van der Waals surface area contributed by atoms with Crippen LogP contribution in [0.2, 0.25) is 0 Å². The van der Waals surface area contributed by atoms with Gasteiger partial charge in [-0.2, -0.15) is 0 Å². The van der Waals surface area contributed by atoms with Crippen molar-refractivity contribution in [1.29, 1.82) is 0 Å². The maximum absolute atomic E-state index is 8.61. The third-order valence-electron chi connectivity index (χ3n) is 2.20. The fourth-order valence-electron chi connectivity index (χ4n) is 0.759. The van der Waals surface area contributed by atoms with Gasteiger partial charge in [0.05, 0.1) is 0 Å². The number of rotatable bonds is 4. The first-order chi connectivity index (χ1) is 4.18. The summed E-state index contributed by atoms with van der Waals surface area (Å²) in [5.74, 6) is 0. The van der Waals surface area contributed by atoms with Crippen molar-refractivity contribution in [2.75, 3.05) is 6.61 Å². The smallest absolute Gasteiger partial charge is 0.0468 e. The monoisotopic (exact) mass is 129 g/mol. The Balaban J connectivity index is 3.62. The number of aliphatic hydroxyl groups is 1. The van der Waals surface area contributed by atoms with Gasteiger partial charge in [0, 0.05) is 6.61 Å². The molecule has 0 aliphatic rings. The summed E-state index contributed by atoms with van der Waals surface area (Å²) in [6, 6.07) is 0. The summed E-state index contributed by atoms with van der Waals surface area (Å²) < 4.78 is 0. The Kier molecular flexibility index (Phi) is 3.87. The van der Waals surface area contributed by atoms with Crippen molar-refractivity contribution in [3.63, 3.8) is 0 Å². The molecular formula is C8H17O. The predicted molar refractivity (Wildman–Crippen MR) is 40.1 cm³/mol. The fraction of sp³-hybridized carbons (Fsp3) is 0.875. The number of hydrogen-bond donors (Lipinski definition) is 1. The van der Waals surface area contributed by atoms with Gasteiger partial charge in [-0.1, -0.05) is 33.6 Å². The molecule has 1 nitrogen and oxygen atoms in total. The average molecular weight is 129 g/mol. The van der Waals surface area contributed by atoms with E-state index in [0.29, 0.717) is 0 Å². The van der Waals surface area contributed by atoms with E-state index in [9.17, 15) is 0 Å². The zero-order chi connectivity index (χ0) is 7.33.